The first-order valence-electron chi connectivity index (χ1n) is 4.17. The molecule has 0 heterocycles. The Labute approximate surface area is 90.1 Å². The van der Waals surface area contributed by atoms with E-state index < -0.39 is 17.5 Å². The largest absolute Gasteiger partial charge is 0.505 e. The summed E-state index contributed by atoms with van der Waals surface area (Å²) in [5.41, 5.74) is 0.335. The van der Waals surface area contributed by atoms with Gasteiger partial charge in [-0.2, -0.15) is 5.26 Å². The molecular weight excluding hydrogens is 249 g/mol. The second-order valence-corrected chi connectivity index (χ2v) is 3.83. The van der Waals surface area contributed by atoms with Crippen molar-refractivity contribution in [3.63, 3.8) is 0 Å². The lowest BCUT2D eigenvalue weighted by Gasteiger charge is -2.09. The predicted octanol–water partition coefficient (Wildman–Crippen LogP) is 3.31. The summed E-state index contributed by atoms with van der Waals surface area (Å²) >= 11 is 3.11. The molecule has 0 fully saturated rings. The molecular formula is C10H9BrFNO. The summed E-state index contributed by atoms with van der Waals surface area (Å²) in [4.78, 5) is 0. The van der Waals surface area contributed by atoms with Crippen LogP contribution in [0.4, 0.5) is 4.39 Å². The fourth-order valence-electron chi connectivity index (χ4n) is 1.23. The van der Waals surface area contributed by atoms with Crippen LogP contribution in [0.15, 0.2) is 16.6 Å². The van der Waals surface area contributed by atoms with Gasteiger partial charge in [0, 0.05) is 10.0 Å². The van der Waals surface area contributed by atoms with Crippen molar-refractivity contribution < 1.29 is 9.50 Å². The molecule has 0 saturated heterocycles. The van der Waals surface area contributed by atoms with Gasteiger partial charge in [0.2, 0.25) is 0 Å². The third-order valence-electron chi connectivity index (χ3n) is 2.00. The van der Waals surface area contributed by atoms with E-state index in [0.29, 0.717) is 16.5 Å². The summed E-state index contributed by atoms with van der Waals surface area (Å²) in [5, 5.41) is 18.2. The molecule has 2 nitrogen and oxygen atoms in total. The molecule has 0 saturated carbocycles. The molecule has 1 atom stereocenters. The van der Waals surface area contributed by atoms with Gasteiger partial charge in [-0.25, -0.2) is 4.39 Å². The minimum Gasteiger partial charge on any atom is -0.505 e. The van der Waals surface area contributed by atoms with E-state index in [-0.39, 0.29) is 0 Å². The van der Waals surface area contributed by atoms with Crippen molar-refractivity contribution in [3.05, 3.63) is 28.0 Å². The van der Waals surface area contributed by atoms with Crippen LogP contribution < -0.4 is 0 Å². The van der Waals surface area contributed by atoms with Crippen molar-refractivity contribution in [1.29, 1.82) is 5.26 Å². The number of nitrogens with zero attached hydrogens (tertiary/aromatic N) is 1. The molecule has 1 N–H and O–H groups in total. The molecule has 0 aliphatic rings. The Hall–Kier alpha value is -1.08. The highest BCUT2D eigenvalue weighted by Crippen LogP contribution is 2.32. The first kappa shape index (κ1) is 11.0. The maximum atomic E-state index is 13.1. The number of aromatic hydroxyl groups is 1. The standard InChI is InChI=1S/C10H9BrFNO/c1-2-6(5-13)8-3-7(11)4-9(12)10(8)14/h3-4,6,14H,2H2,1H3. The number of phenols is 1. The third-order valence-corrected chi connectivity index (χ3v) is 2.45. The van der Waals surface area contributed by atoms with Crippen molar-refractivity contribution in [2.24, 2.45) is 0 Å². The van der Waals surface area contributed by atoms with Crippen LogP contribution in [0.3, 0.4) is 0 Å². The van der Waals surface area contributed by atoms with Gasteiger partial charge in [0.05, 0.1) is 12.0 Å². The van der Waals surface area contributed by atoms with Crippen LogP contribution in [0.25, 0.3) is 0 Å². The van der Waals surface area contributed by atoms with Gasteiger partial charge >= 0.3 is 0 Å². The number of hydrogen-bond donors (Lipinski definition) is 1. The Bertz CT molecular complexity index is 386. The van der Waals surface area contributed by atoms with Gasteiger partial charge in [0.15, 0.2) is 11.6 Å². The van der Waals surface area contributed by atoms with Gasteiger partial charge in [0.1, 0.15) is 0 Å². The Morgan fingerprint density at radius 2 is 2.29 bits per heavy atom. The Balaban J connectivity index is 3.27. The zero-order chi connectivity index (χ0) is 10.7. The highest BCUT2D eigenvalue weighted by Gasteiger charge is 2.16. The summed E-state index contributed by atoms with van der Waals surface area (Å²) in [5.74, 6) is -1.60. The summed E-state index contributed by atoms with van der Waals surface area (Å²) in [6.45, 7) is 1.81. The van der Waals surface area contributed by atoms with Crippen molar-refractivity contribution >= 4 is 15.9 Å². The second-order valence-electron chi connectivity index (χ2n) is 2.92. The fourth-order valence-corrected chi connectivity index (χ4v) is 1.68. The van der Waals surface area contributed by atoms with Crippen LogP contribution in [0.1, 0.15) is 24.8 Å². The first-order valence-corrected chi connectivity index (χ1v) is 4.97. The average molecular weight is 258 g/mol. The zero-order valence-electron chi connectivity index (χ0n) is 7.59. The predicted molar refractivity (Wildman–Crippen MR) is 54.4 cm³/mol. The van der Waals surface area contributed by atoms with E-state index in [4.69, 9.17) is 5.26 Å². The van der Waals surface area contributed by atoms with Crippen molar-refractivity contribution in [2.45, 2.75) is 19.3 Å². The second kappa shape index (κ2) is 4.43. The maximum absolute atomic E-state index is 13.1. The van der Waals surface area contributed by atoms with E-state index in [0.717, 1.165) is 0 Å². The molecule has 0 aromatic heterocycles. The molecule has 1 rings (SSSR count). The normalized spacial score (nSPS) is 12.1. The monoisotopic (exact) mass is 257 g/mol. The topological polar surface area (TPSA) is 44.0 Å². The van der Waals surface area contributed by atoms with E-state index in [1.54, 1.807) is 6.07 Å². The van der Waals surface area contributed by atoms with E-state index >= 15 is 0 Å². The van der Waals surface area contributed by atoms with Crippen molar-refractivity contribution in [1.82, 2.24) is 0 Å². The summed E-state index contributed by atoms with van der Waals surface area (Å²) < 4.78 is 13.6. The summed E-state index contributed by atoms with van der Waals surface area (Å²) in [7, 11) is 0. The van der Waals surface area contributed by atoms with Crippen LogP contribution in [0.2, 0.25) is 0 Å². The van der Waals surface area contributed by atoms with Crippen LogP contribution in [0.5, 0.6) is 5.75 Å². The average Bonchev–Trinajstić information content (AvgIpc) is 2.15. The quantitative estimate of drug-likeness (QED) is 0.884. The number of nitriles is 1. The maximum Gasteiger partial charge on any atom is 0.166 e. The lowest BCUT2D eigenvalue weighted by Crippen LogP contribution is -1.96. The lowest BCUT2D eigenvalue weighted by atomic mass is 9.97. The first-order chi connectivity index (χ1) is 6.60. The molecule has 14 heavy (non-hydrogen) atoms. The van der Waals surface area contributed by atoms with Crippen LogP contribution in [-0.2, 0) is 0 Å². The molecule has 0 radical (unpaired) electrons. The Kier molecular flexibility index (Phi) is 3.48. The third kappa shape index (κ3) is 2.05. The van der Waals surface area contributed by atoms with Crippen LogP contribution in [0, 0.1) is 17.1 Å². The van der Waals surface area contributed by atoms with E-state index in [2.05, 4.69) is 15.9 Å². The van der Waals surface area contributed by atoms with E-state index in [1.807, 2.05) is 13.0 Å². The Morgan fingerprint density at radius 1 is 1.64 bits per heavy atom. The lowest BCUT2D eigenvalue weighted by molar-refractivity contribution is 0.423. The summed E-state index contributed by atoms with van der Waals surface area (Å²) in [6, 6.07) is 4.75. The molecule has 0 aliphatic carbocycles. The van der Waals surface area contributed by atoms with Gasteiger partial charge in [0.25, 0.3) is 0 Å². The molecule has 0 spiro atoms. The number of halogens is 2. The smallest absolute Gasteiger partial charge is 0.166 e. The fraction of sp³-hybridized carbons (Fsp3) is 0.300. The molecule has 0 bridgehead atoms. The molecule has 0 aliphatic heterocycles. The van der Waals surface area contributed by atoms with Gasteiger partial charge < -0.3 is 5.11 Å². The minimum atomic E-state index is -0.705. The molecule has 0 amide bonds. The number of hydrogen-bond acceptors (Lipinski definition) is 2. The van der Waals surface area contributed by atoms with E-state index in [9.17, 15) is 9.50 Å². The van der Waals surface area contributed by atoms with Crippen molar-refractivity contribution in [3.8, 4) is 11.8 Å². The number of benzene rings is 1. The highest BCUT2D eigenvalue weighted by atomic mass is 79.9. The van der Waals surface area contributed by atoms with Gasteiger partial charge in [-0.1, -0.05) is 22.9 Å². The molecule has 1 aromatic rings. The highest BCUT2D eigenvalue weighted by molar-refractivity contribution is 9.10. The number of phenolic OH excluding ortho intramolecular Hbond substituents is 1. The van der Waals surface area contributed by atoms with Crippen LogP contribution >= 0.6 is 15.9 Å². The minimum absolute atomic E-state index is 0.335. The summed E-state index contributed by atoms with van der Waals surface area (Å²) in [6.07, 6.45) is 0.542. The van der Waals surface area contributed by atoms with Crippen LogP contribution in [-0.4, -0.2) is 5.11 Å². The van der Waals surface area contributed by atoms with Gasteiger partial charge in [-0.15, -0.1) is 0 Å². The molecule has 1 unspecified atom stereocenters. The van der Waals surface area contributed by atoms with Gasteiger partial charge in [-0.05, 0) is 18.6 Å². The number of rotatable bonds is 2. The molecule has 1 aromatic carbocycles. The zero-order valence-corrected chi connectivity index (χ0v) is 9.18. The van der Waals surface area contributed by atoms with E-state index in [1.165, 1.54) is 6.07 Å². The van der Waals surface area contributed by atoms with Crippen molar-refractivity contribution in [2.75, 3.05) is 0 Å². The SMILES string of the molecule is CCC(C#N)c1cc(Br)cc(F)c1O. The molecule has 74 valence electrons. The molecule has 4 heteroatoms. The Morgan fingerprint density at radius 3 is 2.79 bits per heavy atom. The van der Waals surface area contributed by atoms with Gasteiger partial charge in [-0.3, -0.25) is 0 Å².